The number of amides is 2. The van der Waals surface area contributed by atoms with Gasteiger partial charge < -0.3 is 43.7 Å². The number of nitrogens with one attached hydrogen (secondary N) is 2. The molecule has 0 radical (unpaired) electrons. The predicted octanol–water partition coefficient (Wildman–Crippen LogP) is 2.86. The summed E-state index contributed by atoms with van der Waals surface area (Å²) in [6.07, 6.45) is -3.52. The minimum Gasteiger partial charge on any atom is -0.360 e. The van der Waals surface area contributed by atoms with E-state index in [9.17, 15) is 19.0 Å². The molecule has 3 aliphatic rings. The van der Waals surface area contributed by atoms with Gasteiger partial charge in [-0.3, -0.25) is 23.3 Å². The van der Waals surface area contributed by atoms with Gasteiger partial charge in [0.05, 0.1) is 25.9 Å². The highest BCUT2D eigenvalue weighted by Gasteiger charge is 2.51. The Labute approximate surface area is 310 Å². The smallest absolute Gasteiger partial charge is 0.353 e. The van der Waals surface area contributed by atoms with E-state index in [0.29, 0.717) is 12.8 Å². The van der Waals surface area contributed by atoms with Crippen LogP contribution in [0.2, 0.25) is 0 Å². The van der Waals surface area contributed by atoms with Gasteiger partial charge in [-0.25, -0.2) is 38.7 Å². The summed E-state index contributed by atoms with van der Waals surface area (Å²) in [7, 11) is -4.61. The summed E-state index contributed by atoms with van der Waals surface area (Å²) in [6, 6.07) is 0. The summed E-state index contributed by atoms with van der Waals surface area (Å²) >= 11 is 0. The number of rotatable bonds is 10. The quantitative estimate of drug-likeness (QED) is 0.155. The number of hydrogen-bond donors (Lipinski definition) is 3. The zero-order valence-corrected chi connectivity index (χ0v) is 30.0. The van der Waals surface area contributed by atoms with E-state index < -0.39 is 76.6 Å². The van der Waals surface area contributed by atoms with Crippen molar-refractivity contribution >= 4 is 53.4 Å². The zero-order valence-electron chi connectivity index (χ0n) is 29.1. The van der Waals surface area contributed by atoms with E-state index in [1.807, 2.05) is 0 Å². The van der Waals surface area contributed by atoms with Crippen molar-refractivity contribution in [1.29, 1.82) is 0 Å². The molecule has 4 aromatic rings. The first-order valence-corrected chi connectivity index (χ1v) is 18.9. The fourth-order valence-corrected chi connectivity index (χ4v) is 7.13. The van der Waals surface area contributed by atoms with E-state index in [4.69, 9.17) is 28.2 Å². The van der Waals surface area contributed by atoms with E-state index in [1.165, 1.54) is 34.4 Å². The van der Waals surface area contributed by atoms with Crippen molar-refractivity contribution in [2.24, 2.45) is 0 Å². The number of carbonyl (C=O) groups excluding carboxylic acids is 2. The number of imidazole rings is 2. The number of nitrogens with zero attached hydrogens (tertiary/aromatic N) is 8. The molecule has 0 spiro atoms. The number of alkyl halides is 2. The molecule has 3 saturated heterocycles. The molecule has 20 nitrogen and oxygen atoms in total. The highest BCUT2D eigenvalue weighted by atomic mass is 31.2. The second-order valence-electron chi connectivity index (χ2n) is 12.7. The van der Waals surface area contributed by atoms with Crippen LogP contribution < -0.4 is 10.6 Å². The number of halogens is 2. The summed E-state index contributed by atoms with van der Waals surface area (Å²) < 4.78 is 82.4. The maximum Gasteiger partial charge on any atom is 0.353 e. The molecular formula is C32H37F2N10O10P. The van der Waals surface area contributed by atoms with Gasteiger partial charge in [0.25, 0.3) is 0 Å². The number of fused-ring (bicyclic) bond motifs is 4. The molecule has 7 rings (SSSR count). The molecule has 0 aliphatic carbocycles. The molecular weight excluding hydrogens is 753 g/mol. The van der Waals surface area contributed by atoms with Gasteiger partial charge in [0.2, 0.25) is 11.8 Å². The fourth-order valence-electron chi connectivity index (χ4n) is 6.32. The molecule has 3 fully saturated rings. The van der Waals surface area contributed by atoms with Crippen LogP contribution in [-0.4, -0.2) is 119 Å². The minimum atomic E-state index is -4.61. The van der Waals surface area contributed by atoms with Crippen LogP contribution in [0.15, 0.2) is 50.6 Å². The number of carbonyl (C=O) groups is 2. The molecule has 0 bridgehead atoms. The van der Waals surface area contributed by atoms with Crippen LogP contribution in [0.1, 0.15) is 38.1 Å². The molecule has 4 aromatic heterocycles. The second-order valence-corrected chi connectivity index (χ2v) is 14.5. The summed E-state index contributed by atoms with van der Waals surface area (Å²) in [6.45, 7) is 5.71. The molecule has 7 heterocycles. The van der Waals surface area contributed by atoms with E-state index in [2.05, 4.69) is 53.7 Å². The Morgan fingerprint density at radius 3 is 1.85 bits per heavy atom. The zero-order chi connectivity index (χ0) is 38.7. The Morgan fingerprint density at radius 1 is 0.818 bits per heavy atom. The number of aromatic nitrogens is 8. The third kappa shape index (κ3) is 8.17. The van der Waals surface area contributed by atoms with Crippen LogP contribution in [0.5, 0.6) is 0 Å². The number of hydrogen-bond acceptors (Lipinski definition) is 15. The van der Waals surface area contributed by atoms with Crippen LogP contribution in [-0.2, 0) is 42.4 Å². The Balaban J connectivity index is 1.06. The van der Waals surface area contributed by atoms with Gasteiger partial charge in [-0.15, -0.1) is 13.2 Å². The van der Waals surface area contributed by atoms with Crippen molar-refractivity contribution in [1.82, 2.24) is 39.0 Å². The third-order valence-corrected chi connectivity index (χ3v) is 9.99. The maximum absolute atomic E-state index is 16.2. The number of anilines is 2. The van der Waals surface area contributed by atoms with Crippen LogP contribution >= 0.6 is 7.60 Å². The molecule has 294 valence electrons. The number of allylic oxidation sites excluding steroid dienone is 2. The van der Waals surface area contributed by atoms with Crippen LogP contribution in [0, 0.1) is 0 Å². The lowest BCUT2D eigenvalue weighted by atomic mass is 10.1. The first kappa shape index (κ1) is 38.6. The SMILES string of the molecule is C=CCCC(=O)Nc1ncnc2c1ncn2[C@@H]1O[C@@H]2COCO[C@H]3[C@@H](F)[C@H](n4cnc5c(NC(=O)CCC=C)ncnc54)O[C@@H]3COP(=O)(O)CO[C@H]2[C@H]1F. The van der Waals surface area contributed by atoms with Crippen LogP contribution in [0.25, 0.3) is 22.3 Å². The Hall–Kier alpha value is -4.67. The van der Waals surface area contributed by atoms with Crippen LogP contribution in [0.4, 0.5) is 20.4 Å². The molecule has 3 N–H and O–H groups in total. The Bertz CT molecular complexity index is 2110. The summed E-state index contributed by atoms with van der Waals surface area (Å²) in [5.41, 5.74) is 0.605. The topological polar surface area (TPSA) is 238 Å². The highest BCUT2D eigenvalue weighted by Crippen LogP contribution is 2.46. The maximum atomic E-state index is 16.2. The van der Waals surface area contributed by atoms with E-state index >= 15 is 8.78 Å². The second kappa shape index (κ2) is 16.6. The van der Waals surface area contributed by atoms with Crippen molar-refractivity contribution in [2.45, 2.75) is 74.9 Å². The van der Waals surface area contributed by atoms with Crippen molar-refractivity contribution in [3.63, 3.8) is 0 Å². The lowest BCUT2D eigenvalue weighted by molar-refractivity contribution is -0.147. The molecule has 3 aliphatic heterocycles. The van der Waals surface area contributed by atoms with Gasteiger partial charge in [-0.2, -0.15) is 0 Å². The predicted molar refractivity (Wildman–Crippen MR) is 186 cm³/mol. The first-order valence-electron chi connectivity index (χ1n) is 17.1. The molecule has 2 amide bonds. The Kier molecular flexibility index (Phi) is 11.6. The van der Waals surface area contributed by atoms with Gasteiger partial charge in [0.15, 0.2) is 58.8 Å². The number of ether oxygens (including phenoxy) is 5. The fraction of sp³-hybridized carbons (Fsp3) is 0.500. The lowest BCUT2D eigenvalue weighted by Gasteiger charge is -2.21. The van der Waals surface area contributed by atoms with Crippen molar-refractivity contribution in [2.75, 3.05) is 37.0 Å². The standard InChI is InChI=1S/C32H37F2N10O10P/c1-3-5-7-19(45)41-27-23-29(37-11-35-27)43(13-39-23)31-21(33)25-18(54-31)10-52-55(47,48)16-51-26-17(9-49-15-50-25)53-32(22(26)34)44-14-40-24-28(36-12-38-30(24)44)42-20(46)8-6-4-2/h3-4,11-14,17-18,21-22,25-26,31-32H,1-2,5-10,15-16H2,(H,47,48)(H,35,37,41,45)(H,36,38,42,46)/t17-,18-,21-,22-,25-,26-,31-,32-/m1/s1. The van der Waals surface area contributed by atoms with Gasteiger partial charge in [-0.05, 0) is 12.8 Å². The van der Waals surface area contributed by atoms with E-state index in [0.717, 1.165) is 0 Å². The molecule has 1 unspecified atom stereocenters. The highest BCUT2D eigenvalue weighted by molar-refractivity contribution is 7.52. The largest absolute Gasteiger partial charge is 0.360 e. The average Bonchev–Trinajstić information content (AvgIpc) is 3.94. The van der Waals surface area contributed by atoms with Crippen molar-refractivity contribution in [3.8, 4) is 0 Å². The normalized spacial score (nSPS) is 30.1. The third-order valence-electron chi connectivity index (χ3n) is 8.96. The summed E-state index contributed by atoms with van der Waals surface area (Å²) in [5.74, 6) is -0.457. The molecule has 0 aromatic carbocycles. The summed E-state index contributed by atoms with van der Waals surface area (Å²) in [4.78, 5) is 60.4. The first-order chi connectivity index (χ1) is 26.6. The molecule has 55 heavy (non-hydrogen) atoms. The average molecular weight is 791 g/mol. The van der Waals surface area contributed by atoms with Crippen molar-refractivity contribution in [3.05, 3.63) is 50.6 Å². The van der Waals surface area contributed by atoms with E-state index in [-0.39, 0.29) is 65.2 Å². The monoisotopic (exact) mass is 790 g/mol. The lowest BCUT2D eigenvalue weighted by Crippen LogP contribution is -2.36. The van der Waals surface area contributed by atoms with Gasteiger partial charge >= 0.3 is 7.60 Å². The van der Waals surface area contributed by atoms with Gasteiger partial charge in [0, 0.05) is 12.8 Å². The van der Waals surface area contributed by atoms with E-state index in [1.54, 1.807) is 12.2 Å². The Morgan fingerprint density at radius 2 is 1.33 bits per heavy atom. The molecule has 9 atom stereocenters. The molecule has 23 heteroatoms. The minimum absolute atomic E-state index is 0.106. The van der Waals surface area contributed by atoms with Crippen molar-refractivity contribution < 1.29 is 56.0 Å². The van der Waals surface area contributed by atoms with Gasteiger partial charge in [-0.1, -0.05) is 12.2 Å². The summed E-state index contributed by atoms with van der Waals surface area (Å²) in [5, 5.41) is 5.30. The van der Waals surface area contributed by atoms with Gasteiger partial charge in [0.1, 0.15) is 50.2 Å². The molecule has 0 saturated carbocycles. The van der Waals surface area contributed by atoms with Crippen LogP contribution in [0.3, 0.4) is 0 Å².